The maximum Gasteiger partial charge on any atom is 0.264 e. The Morgan fingerprint density at radius 1 is 1.24 bits per heavy atom. The maximum absolute atomic E-state index is 12.1. The highest BCUT2D eigenvalue weighted by atomic mass is 35.5. The molecule has 0 unspecified atom stereocenters. The summed E-state index contributed by atoms with van der Waals surface area (Å²) < 4.78 is 11.6. The van der Waals surface area contributed by atoms with Gasteiger partial charge in [0.05, 0.1) is 22.3 Å². The Morgan fingerprint density at radius 3 is 2.76 bits per heavy atom. The molecule has 1 heterocycles. The molecule has 0 radical (unpaired) electrons. The van der Waals surface area contributed by atoms with Crippen molar-refractivity contribution in [2.24, 2.45) is 0 Å². The number of nitrogens with one attached hydrogen (secondary N) is 1. The third kappa shape index (κ3) is 4.03. The minimum absolute atomic E-state index is 0.0808. The molecule has 0 fully saturated rings. The zero-order valence-corrected chi connectivity index (χ0v) is 15.6. The topological polar surface area (TPSA) is 60.5 Å². The monoisotopic (exact) mass is 376 g/mol. The Morgan fingerprint density at radius 2 is 2.04 bits per heavy atom. The first kappa shape index (κ1) is 17.5. The molecule has 0 atom stereocenters. The summed E-state index contributed by atoms with van der Waals surface area (Å²) in [6.07, 6.45) is 0. The lowest BCUT2D eigenvalue weighted by atomic mass is 10.1. The van der Waals surface area contributed by atoms with Crippen molar-refractivity contribution in [3.8, 4) is 11.5 Å². The summed E-state index contributed by atoms with van der Waals surface area (Å²) >= 11 is 7.44. The number of carbonyl (C=O) groups is 1. The highest BCUT2D eigenvalue weighted by molar-refractivity contribution is 7.22. The number of amides is 1. The number of fused-ring (bicyclic) bond motifs is 1. The Labute approximate surface area is 154 Å². The molecule has 0 saturated heterocycles. The number of aromatic nitrogens is 1. The van der Waals surface area contributed by atoms with E-state index in [9.17, 15) is 4.79 Å². The molecule has 0 aliphatic carbocycles. The molecule has 2 aromatic carbocycles. The van der Waals surface area contributed by atoms with Crippen LogP contribution in [0.1, 0.15) is 11.1 Å². The molecule has 0 aliphatic rings. The molecule has 1 aromatic heterocycles. The van der Waals surface area contributed by atoms with Gasteiger partial charge in [0.2, 0.25) is 0 Å². The van der Waals surface area contributed by atoms with Gasteiger partial charge in [-0.3, -0.25) is 10.1 Å². The van der Waals surface area contributed by atoms with Crippen molar-refractivity contribution in [1.29, 1.82) is 0 Å². The van der Waals surface area contributed by atoms with Crippen LogP contribution in [-0.2, 0) is 4.79 Å². The zero-order valence-electron chi connectivity index (χ0n) is 14.1. The molecule has 5 nitrogen and oxygen atoms in total. The molecular formula is C18H17ClN2O3S. The summed E-state index contributed by atoms with van der Waals surface area (Å²) in [6, 6.07) is 9.24. The van der Waals surface area contributed by atoms with Crippen LogP contribution < -0.4 is 14.8 Å². The first-order valence-electron chi connectivity index (χ1n) is 7.60. The number of ether oxygens (including phenoxy) is 2. The number of nitrogens with zero attached hydrogens (tertiary/aromatic N) is 1. The van der Waals surface area contributed by atoms with Crippen molar-refractivity contribution in [2.75, 3.05) is 19.0 Å². The van der Waals surface area contributed by atoms with E-state index in [4.69, 9.17) is 21.1 Å². The van der Waals surface area contributed by atoms with Crippen LogP contribution >= 0.6 is 22.9 Å². The smallest absolute Gasteiger partial charge is 0.264 e. The second-order valence-electron chi connectivity index (χ2n) is 5.56. The fourth-order valence-corrected chi connectivity index (χ4v) is 3.37. The molecule has 130 valence electrons. The Kier molecular flexibility index (Phi) is 5.11. The van der Waals surface area contributed by atoms with Crippen LogP contribution in [0.15, 0.2) is 30.3 Å². The van der Waals surface area contributed by atoms with Crippen LogP contribution in [0.4, 0.5) is 5.13 Å². The third-order valence-corrected chi connectivity index (χ3v) is 4.99. The summed E-state index contributed by atoms with van der Waals surface area (Å²) in [6.45, 7) is 3.95. The molecule has 0 spiro atoms. The van der Waals surface area contributed by atoms with Crippen LogP contribution in [0.25, 0.3) is 10.2 Å². The van der Waals surface area contributed by atoms with E-state index in [1.165, 1.54) is 16.9 Å². The number of halogens is 1. The lowest BCUT2D eigenvalue weighted by molar-refractivity contribution is -0.118. The number of carbonyl (C=O) groups excluding carboxylic acids is 1. The quantitative estimate of drug-likeness (QED) is 0.707. The summed E-state index contributed by atoms with van der Waals surface area (Å²) in [4.78, 5) is 16.4. The zero-order chi connectivity index (χ0) is 18.0. The van der Waals surface area contributed by atoms with Gasteiger partial charge in [-0.15, -0.1) is 0 Å². The molecule has 3 aromatic rings. The highest BCUT2D eigenvalue weighted by Crippen LogP contribution is 2.34. The number of thiazole rings is 1. The Balaban J connectivity index is 1.66. The van der Waals surface area contributed by atoms with Crippen molar-refractivity contribution in [2.45, 2.75) is 13.8 Å². The fraction of sp³-hybridized carbons (Fsp3) is 0.222. The number of methoxy groups -OCH3 is 1. The van der Waals surface area contributed by atoms with Crippen molar-refractivity contribution in [3.05, 3.63) is 46.5 Å². The molecule has 0 saturated carbocycles. The van der Waals surface area contributed by atoms with Crippen LogP contribution in [0.5, 0.6) is 11.5 Å². The fourth-order valence-electron chi connectivity index (χ4n) is 2.25. The predicted octanol–water partition coefficient (Wildman–Crippen LogP) is 4.59. The Hall–Kier alpha value is -2.31. The van der Waals surface area contributed by atoms with Gasteiger partial charge in [0.15, 0.2) is 11.7 Å². The average Bonchev–Trinajstić information content (AvgIpc) is 2.96. The summed E-state index contributed by atoms with van der Waals surface area (Å²) in [5, 5.41) is 3.72. The van der Waals surface area contributed by atoms with Gasteiger partial charge in [0.1, 0.15) is 11.5 Å². The lowest BCUT2D eigenvalue weighted by Crippen LogP contribution is -2.20. The third-order valence-electron chi connectivity index (χ3n) is 3.76. The first-order valence-corrected chi connectivity index (χ1v) is 8.79. The van der Waals surface area contributed by atoms with E-state index >= 15 is 0 Å². The van der Waals surface area contributed by atoms with Crippen molar-refractivity contribution >= 4 is 44.2 Å². The summed E-state index contributed by atoms with van der Waals surface area (Å²) in [5.41, 5.74) is 3.01. The number of hydrogen-bond acceptors (Lipinski definition) is 5. The van der Waals surface area contributed by atoms with Crippen LogP contribution in [0.2, 0.25) is 5.02 Å². The lowest BCUT2D eigenvalue weighted by Gasteiger charge is -2.07. The van der Waals surface area contributed by atoms with E-state index in [1.54, 1.807) is 19.2 Å². The minimum atomic E-state index is -0.268. The number of benzene rings is 2. The highest BCUT2D eigenvalue weighted by Gasteiger charge is 2.11. The van der Waals surface area contributed by atoms with Gasteiger partial charge in [0, 0.05) is 6.07 Å². The second-order valence-corrected chi connectivity index (χ2v) is 6.99. The number of anilines is 1. The molecule has 3 rings (SSSR count). The largest absolute Gasteiger partial charge is 0.495 e. The molecule has 0 bridgehead atoms. The SMILES string of the molecule is COc1cc2sc(NC(=O)COc3ccc(C)c(C)c3)nc2cc1Cl. The van der Waals surface area contributed by atoms with Crippen LogP contribution in [-0.4, -0.2) is 24.6 Å². The maximum atomic E-state index is 12.1. The van der Waals surface area contributed by atoms with Crippen LogP contribution in [0.3, 0.4) is 0 Å². The van der Waals surface area contributed by atoms with Gasteiger partial charge in [-0.25, -0.2) is 4.98 Å². The number of rotatable bonds is 5. The van der Waals surface area contributed by atoms with E-state index in [2.05, 4.69) is 10.3 Å². The minimum Gasteiger partial charge on any atom is -0.495 e. The molecular weight excluding hydrogens is 360 g/mol. The van der Waals surface area contributed by atoms with Gasteiger partial charge < -0.3 is 9.47 Å². The first-order chi connectivity index (χ1) is 12.0. The van der Waals surface area contributed by atoms with E-state index in [-0.39, 0.29) is 12.5 Å². The predicted molar refractivity (Wildman–Crippen MR) is 101 cm³/mol. The molecule has 1 N–H and O–H groups in total. The van der Waals surface area contributed by atoms with Gasteiger partial charge in [0.25, 0.3) is 5.91 Å². The normalized spacial score (nSPS) is 10.7. The van der Waals surface area contributed by atoms with Gasteiger partial charge >= 0.3 is 0 Å². The Bertz CT molecular complexity index is 939. The van der Waals surface area contributed by atoms with Gasteiger partial charge in [-0.2, -0.15) is 0 Å². The van der Waals surface area contributed by atoms with E-state index in [1.807, 2.05) is 32.0 Å². The van der Waals surface area contributed by atoms with Crippen LogP contribution in [0, 0.1) is 13.8 Å². The summed E-state index contributed by atoms with van der Waals surface area (Å²) in [5.74, 6) is 0.975. The molecule has 0 aliphatic heterocycles. The summed E-state index contributed by atoms with van der Waals surface area (Å²) in [7, 11) is 1.56. The molecule has 7 heteroatoms. The van der Waals surface area contributed by atoms with Crippen molar-refractivity contribution < 1.29 is 14.3 Å². The standard InChI is InChI=1S/C18H17ClN2O3S/c1-10-4-5-12(6-11(10)2)24-9-17(22)21-18-20-14-7-13(19)15(23-3)8-16(14)25-18/h4-8H,9H2,1-3H3,(H,20,21,22). The average molecular weight is 377 g/mol. The van der Waals surface area contributed by atoms with Crippen molar-refractivity contribution in [1.82, 2.24) is 4.98 Å². The van der Waals surface area contributed by atoms with E-state index in [0.29, 0.717) is 27.2 Å². The van der Waals surface area contributed by atoms with Crippen molar-refractivity contribution in [3.63, 3.8) is 0 Å². The van der Waals surface area contributed by atoms with E-state index < -0.39 is 0 Å². The second kappa shape index (κ2) is 7.29. The van der Waals surface area contributed by atoms with E-state index in [0.717, 1.165) is 10.3 Å². The van der Waals surface area contributed by atoms with Gasteiger partial charge in [-0.05, 0) is 43.2 Å². The number of hydrogen-bond donors (Lipinski definition) is 1. The molecule has 25 heavy (non-hydrogen) atoms. The number of aryl methyl sites for hydroxylation is 2. The molecule has 1 amide bonds. The van der Waals surface area contributed by atoms with Gasteiger partial charge in [-0.1, -0.05) is 29.0 Å².